The van der Waals surface area contributed by atoms with E-state index in [0.29, 0.717) is 18.3 Å². The van der Waals surface area contributed by atoms with E-state index in [1.165, 1.54) is 5.56 Å². The van der Waals surface area contributed by atoms with E-state index in [9.17, 15) is 0 Å². The number of aromatic nitrogens is 4. The van der Waals surface area contributed by atoms with E-state index in [0.717, 1.165) is 36.3 Å². The number of fused-ring (bicyclic) bond motifs is 1. The van der Waals surface area contributed by atoms with Crippen molar-refractivity contribution in [3.63, 3.8) is 0 Å². The highest BCUT2D eigenvalue weighted by Gasteiger charge is 2.20. The zero-order valence-electron chi connectivity index (χ0n) is 12.9. The molecular weight excluding hydrogens is 290 g/mol. The van der Waals surface area contributed by atoms with Gasteiger partial charge in [0.2, 0.25) is 11.7 Å². The standard InChI is InChI=1S/C17H17N5O/c1-12-4-2-3-5-14(12)17-20-16(23-21-17)10-22-7-6-13-8-18-11-19-15(13)9-22/h2-5,8,11H,6-7,9-10H2,1H3. The van der Waals surface area contributed by atoms with Crippen LogP contribution in [0.4, 0.5) is 0 Å². The second kappa shape index (κ2) is 5.89. The van der Waals surface area contributed by atoms with Crippen molar-refractivity contribution in [2.24, 2.45) is 0 Å². The molecule has 2 aromatic heterocycles. The van der Waals surface area contributed by atoms with E-state index in [1.807, 2.05) is 37.4 Å². The zero-order chi connectivity index (χ0) is 15.6. The molecule has 0 atom stereocenters. The smallest absolute Gasteiger partial charge is 0.241 e. The van der Waals surface area contributed by atoms with Crippen molar-refractivity contribution in [3.05, 3.63) is 59.5 Å². The summed E-state index contributed by atoms with van der Waals surface area (Å²) in [7, 11) is 0. The van der Waals surface area contributed by atoms with Crippen molar-refractivity contribution in [3.8, 4) is 11.4 Å². The SMILES string of the molecule is Cc1ccccc1-c1noc(CN2CCc3cncnc3C2)n1. The molecule has 0 saturated carbocycles. The molecule has 3 heterocycles. The average molecular weight is 307 g/mol. The minimum atomic E-state index is 0.640. The van der Waals surface area contributed by atoms with E-state index in [4.69, 9.17) is 4.52 Å². The summed E-state index contributed by atoms with van der Waals surface area (Å²) in [5.74, 6) is 1.29. The average Bonchev–Trinajstić information content (AvgIpc) is 3.03. The molecule has 0 N–H and O–H groups in total. The van der Waals surface area contributed by atoms with E-state index in [-0.39, 0.29) is 0 Å². The number of benzene rings is 1. The fourth-order valence-corrected chi connectivity index (χ4v) is 2.88. The van der Waals surface area contributed by atoms with Crippen molar-refractivity contribution in [2.45, 2.75) is 26.4 Å². The third-order valence-corrected chi connectivity index (χ3v) is 4.16. The molecule has 0 amide bonds. The lowest BCUT2D eigenvalue weighted by Gasteiger charge is -2.25. The molecule has 1 aromatic carbocycles. The van der Waals surface area contributed by atoms with Gasteiger partial charge in [0.15, 0.2) is 0 Å². The van der Waals surface area contributed by atoms with Crippen LogP contribution in [0.5, 0.6) is 0 Å². The van der Waals surface area contributed by atoms with Crippen LogP contribution in [-0.2, 0) is 19.5 Å². The molecule has 0 spiro atoms. The van der Waals surface area contributed by atoms with Gasteiger partial charge in [0.1, 0.15) is 6.33 Å². The zero-order valence-corrected chi connectivity index (χ0v) is 12.9. The van der Waals surface area contributed by atoms with E-state index in [1.54, 1.807) is 6.33 Å². The lowest BCUT2D eigenvalue weighted by molar-refractivity contribution is 0.207. The molecule has 1 aliphatic rings. The van der Waals surface area contributed by atoms with E-state index >= 15 is 0 Å². The Morgan fingerprint density at radius 3 is 3.09 bits per heavy atom. The molecule has 0 aliphatic carbocycles. The molecule has 116 valence electrons. The van der Waals surface area contributed by atoms with Crippen LogP contribution in [-0.4, -0.2) is 31.6 Å². The van der Waals surface area contributed by atoms with Crippen molar-refractivity contribution in [1.82, 2.24) is 25.0 Å². The van der Waals surface area contributed by atoms with Crippen LogP contribution >= 0.6 is 0 Å². The highest BCUT2D eigenvalue weighted by molar-refractivity contribution is 5.58. The van der Waals surface area contributed by atoms with Crippen LogP contribution in [0.15, 0.2) is 41.3 Å². The number of rotatable bonds is 3. The van der Waals surface area contributed by atoms with Gasteiger partial charge in [0, 0.05) is 24.8 Å². The van der Waals surface area contributed by atoms with Crippen LogP contribution in [0, 0.1) is 6.92 Å². The molecule has 0 fully saturated rings. The Bertz CT molecular complexity index is 829. The van der Waals surface area contributed by atoms with Gasteiger partial charge in [-0.2, -0.15) is 4.98 Å². The summed E-state index contributed by atoms with van der Waals surface area (Å²) in [4.78, 5) is 15.2. The Labute approximate surface area is 134 Å². The minimum absolute atomic E-state index is 0.640. The number of nitrogens with zero attached hydrogens (tertiary/aromatic N) is 5. The van der Waals surface area contributed by atoms with Gasteiger partial charge in [-0.1, -0.05) is 29.4 Å². The monoisotopic (exact) mass is 307 g/mol. The molecule has 23 heavy (non-hydrogen) atoms. The van der Waals surface area contributed by atoms with Crippen molar-refractivity contribution in [2.75, 3.05) is 6.54 Å². The molecule has 0 bridgehead atoms. The normalized spacial score (nSPS) is 14.7. The van der Waals surface area contributed by atoms with Crippen LogP contribution in [0.3, 0.4) is 0 Å². The minimum Gasteiger partial charge on any atom is -0.338 e. The molecule has 6 heteroatoms. The maximum Gasteiger partial charge on any atom is 0.241 e. The van der Waals surface area contributed by atoms with Crippen LogP contribution in [0.25, 0.3) is 11.4 Å². The Kier molecular flexibility index (Phi) is 3.59. The van der Waals surface area contributed by atoms with E-state index in [2.05, 4.69) is 25.0 Å². The number of hydrogen-bond acceptors (Lipinski definition) is 6. The van der Waals surface area contributed by atoms with Gasteiger partial charge in [-0.3, -0.25) is 4.90 Å². The van der Waals surface area contributed by atoms with Crippen molar-refractivity contribution in [1.29, 1.82) is 0 Å². The predicted octanol–water partition coefficient (Wildman–Crippen LogP) is 2.39. The summed E-state index contributed by atoms with van der Waals surface area (Å²) in [5, 5.41) is 4.12. The molecular formula is C17H17N5O. The predicted molar refractivity (Wildman–Crippen MR) is 84.3 cm³/mol. The fraction of sp³-hybridized carbons (Fsp3) is 0.294. The quantitative estimate of drug-likeness (QED) is 0.740. The Morgan fingerprint density at radius 1 is 1.26 bits per heavy atom. The summed E-state index contributed by atoms with van der Waals surface area (Å²) in [5.41, 5.74) is 4.47. The van der Waals surface area contributed by atoms with Gasteiger partial charge in [-0.05, 0) is 24.5 Å². The molecule has 0 radical (unpaired) electrons. The molecule has 0 unspecified atom stereocenters. The first-order valence-corrected chi connectivity index (χ1v) is 7.68. The molecule has 6 nitrogen and oxygen atoms in total. The highest BCUT2D eigenvalue weighted by Crippen LogP contribution is 2.21. The van der Waals surface area contributed by atoms with Crippen molar-refractivity contribution < 1.29 is 4.52 Å². The number of aryl methyl sites for hydroxylation is 1. The van der Waals surface area contributed by atoms with Gasteiger partial charge in [-0.15, -0.1) is 0 Å². The summed E-state index contributed by atoms with van der Waals surface area (Å²) in [6.07, 6.45) is 4.46. The Morgan fingerprint density at radius 2 is 2.17 bits per heavy atom. The first kappa shape index (κ1) is 14.0. The first-order valence-electron chi connectivity index (χ1n) is 7.68. The number of hydrogen-bond donors (Lipinski definition) is 0. The summed E-state index contributed by atoms with van der Waals surface area (Å²) in [6.45, 7) is 4.43. The van der Waals surface area contributed by atoms with Crippen LogP contribution < -0.4 is 0 Å². The summed E-state index contributed by atoms with van der Waals surface area (Å²) < 4.78 is 5.43. The summed E-state index contributed by atoms with van der Waals surface area (Å²) >= 11 is 0. The van der Waals surface area contributed by atoms with Gasteiger partial charge in [0.05, 0.1) is 12.2 Å². The molecule has 0 saturated heterocycles. The maximum atomic E-state index is 5.43. The molecule has 4 rings (SSSR count). The first-order chi connectivity index (χ1) is 11.3. The topological polar surface area (TPSA) is 67.9 Å². The lowest BCUT2D eigenvalue weighted by atomic mass is 10.1. The highest BCUT2D eigenvalue weighted by atomic mass is 16.5. The molecule has 3 aromatic rings. The van der Waals surface area contributed by atoms with Gasteiger partial charge >= 0.3 is 0 Å². The lowest BCUT2D eigenvalue weighted by Crippen LogP contribution is -2.30. The van der Waals surface area contributed by atoms with Gasteiger partial charge in [-0.25, -0.2) is 9.97 Å². The van der Waals surface area contributed by atoms with E-state index < -0.39 is 0 Å². The van der Waals surface area contributed by atoms with Crippen molar-refractivity contribution >= 4 is 0 Å². The Balaban J connectivity index is 1.50. The molecule has 1 aliphatic heterocycles. The van der Waals surface area contributed by atoms with Crippen LogP contribution in [0.1, 0.15) is 22.7 Å². The van der Waals surface area contributed by atoms with Gasteiger partial charge in [0.25, 0.3) is 0 Å². The second-order valence-electron chi connectivity index (χ2n) is 5.78. The fourth-order valence-electron chi connectivity index (χ4n) is 2.88. The van der Waals surface area contributed by atoms with Crippen LogP contribution in [0.2, 0.25) is 0 Å². The maximum absolute atomic E-state index is 5.43. The summed E-state index contributed by atoms with van der Waals surface area (Å²) in [6, 6.07) is 8.05. The Hall–Kier alpha value is -2.60. The van der Waals surface area contributed by atoms with Gasteiger partial charge < -0.3 is 4.52 Å². The second-order valence-corrected chi connectivity index (χ2v) is 5.78. The third-order valence-electron chi connectivity index (χ3n) is 4.16. The third kappa shape index (κ3) is 2.85. The largest absolute Gasteiger partial charge is 0.338 e.